The summed E-state index contributed by atoms with van der Waals surface area (Å²) in [6, 6.07) is 4.88. The smallest absolute Gasteiger partial charge is 0.337 e. The van der Waals surface area contributed by atoms with Crippen molar-refractivity contribution < 1.29 is 15.0 Å². The largest absolute Gasteiger partial charge is 0.478 e. The zero-order valence-electron chi connectivity index (χ0n) is 9.27. The fraction of sp³-hybridized carbons (Fsp3) is 0.417. The van der Waals surface area contributed by atoms with E-state index in [1.807, 2.05) is 4.90 Å². The van der Waals surface area contributed by atoms with E-state index in [0.717, 1.165) is 13.0 Å². The Morgan fingerprint density at radius 3 is 2.88 bits per heavy atom. The summed E-state index contributed by atoms with van der Waals surface area (Å²) in [5.41, 5.74) is 0.897. The summed E-state index contributed by atoms with van der Waals surface area (Å²) in [6.45, 7) is 1.61. The van der Waals surface area contributed by atoms with E-state index >= 15 is 0 Å². The highest BCUT2D eigenvalue weighted by atomic mass is 35.5. The number of hydrogen-bond donors (Lipinski definition) is 2. The highest BCUT2D eigenvalue weighted by Crippen LogP contribution is 2.29. The van der Waals surface area contributed by atoms with Gasteiger partial charge in [-0.15, -0.1) is 0 Å². The number of halogens is 1. The van der Waals surface area contributed by atoms with Crippen molar-refractivity contribution in [1.29, 1.82) is 0 Å². The Morgan fingerprint density at radius 1 is 1.53 bits per heavy atom. The molecule has 1 aromatic rings. The Labute approximate surface area is 104 Å². The van der Waals surface area contributed by atoms with Crippen LogP contribution in [0.1, 0.15) is 16.8 Å². The van der Waals surface area contributed by atoms with Crippen LogP contribution < -0.4 is 4.90 Å². The van der Waals surface area contributed by atoms with Crippen molar-refractivity contribution in [2.45, 2.75) is 6.42 Å². The van der Waals surface area contributed by atoms with E-state index in [1.54, 1.807) is 12.1 Å². The molecule has 2 N–H and O–H groups in total. The first-order valence-electron chi connectivity index (χ1n) is 5.50. The van der Waals surface area contributed by atoms with Crippen LogP contribution >= 0.6 is 11.6 Å². The monoisotopic (exact) mass is 255 g/mol. The van der Waals surface area contributed by atoms with E-state index in [0.29, 0.717) is 17.3 Å². The Bertz CT molecular complexity index is 436. The molecule has 1 aliphatic rings. The Morgan fingerprint density at radius 2 is 2.29 bits per heavy atom. The number of rotatable bonds is 3. The predicted molar refractivity (Wildman–Crippen MR) is 65.8 cm³/mol. The second-order valence-corrected chi connectivity index (χ2v) is 4.69. The molecule has 4 nitrogen and oxygen atoms in total. The summed E-state index contributed by atoms with van der Waals surface area (Å²) in [6.07, 6.45) is 0.887. The number of hydrogen-bond acceptors (Lipinski definition) is 3. The summed E-state index contributed by atoms with van der Waals surface area (Å²) >= 11 is 5.80. The summed E-state index contributed by atoms with van der Waals surface area (Å²) in [5.74, 6) is -0.748. The molecule has 1 aromatic carbocycles. The van der Waals surface area contributed by atoms with Gasteiger partial charge in [-0.25, -0.2) is 4.79 Å². The van der Waals surface area contributed by atoms with E-state index in [9.17, 15) is 4.79 Å². The predicted octanol–water partition coefficient (Wildman–Crippen LogP) is 1.86. The van der Waals surface area contributed by atoms with Crippen molar-refractivity contribution >= 4 is 23.3 Å². The van der Waals surface area contributed by atoms with Crippen LogP contribution in [0, 0.1) is 5.92 Å². The van der Waals surface area contributed by atoms with Crippen LogP contribution in [0.3, 0.4) is 0 Å². The van der Waals surface area contributed by atoms with Crippen LogP contribution in [0.5, 0.6) is 0 Å². The lowest BCUT2D eigenvalue weighted by Crippen LogP contribution is -2.22. The molecule has 0 saturated carbocycles. The van der Waals surface area contributed by atoms with Crippen LogP contribution in [-0.2, 0) is 0 Å². The maximum atomic E-state index is 11.1. The van der Waals surface area contributed by atoms with Crippen molar-refractivity contribution in [1.82, 2.24) is 0 Å². The van der Waals surface area contributed by atoms with Crippen molar-refractivity contribution in [2.75, 3.05) is 24.6 Å². The lowest BCUT2D eigenvalue weighted by molar-refractivity contribution is 0.0697. The van der Waals surface area contributed by atoms with Crippen molar-refractivity contribution in [2.24, 2.45) is 5.92 Å². The number of aliphatic hydroxyl groups excluding tert-OH is 1. The van der Waals surface area contributed by atoms with Gasteiger partial charge in [0.1, 0.15) is 0 Å². The second kappa shape index (κ2) is 4.94. The molecular weight excluding hydrogens is 242 g/mol. The van der Waals surface area contributed by atoms with Gasteiger partial charge in [0, 0.05) is 30.6 Å². The summed E-state index contributed by atoms with van der Waals surface area (Å²) in [4.78, 5) is 13.1. The molecular formula is C12H14ClNO3. The molecule has 17 heavy (non-hydrogen) atoms. The topological polar surface area (TPSA) is 60.8 Å². The van der Waals surface area contributed by atoms with Gasteiger partial charge >= 0.3 is 5.97 Å². The number of anilines is 1. The molecule has 1 fully saturated rings. The molecule has 1 saturated heterocycles. The fourth-order valence-electron chi connectivity index (χ4n) is 2.16. The van der Waals surface area contributed by atoms with Gasteiger partial charge < -0.3 is 15.1 Å². The standard InChI is InChI=1S/C12H14ClNO3/c13-9-1-2-11(10(5-9)12(16)17)14-4-3-8(6-14)7-15/h1-2,5,8,15H,3-4,6-7H2,(H,16,17). The lowest BCUT2D eigenvalue weighted by atomic mass is 10.1. The first-order valence-corrected chi connectivity index (χ1v) is 5.88. The molecule has 5 heteroatoms. The molecule has 1 heterocycles. The molecule has 2 rings (SSSR count). The average Bonchev–Trinajstić information content (AvgIpc) is 2.77. The summed E-state index contributed by atoms with van der Waals surface area (Å²) in [5, 5.41) is 18.6. The number of aliphatic hydroxyl groups is 1. The molecule has 0 radical (unpaired) electrons. The normalized spacial score (nSPS) is 19.6. The number of aromatic carboxylic acids is 1. The highest BCUT2D eigenvalue weighted by molar-refractivity contribution is 6.31. The number of benzene rings is 1. The van der Waals surface area contributed by atoms with Crippen LogP contribution in [0.2, 0.25) is 5.02 Å². The molecule has 92 valence electrons. The quantitative estimate of drug-likeness (QED) is 0.866. The van der Waals surface area contributed by atoms with E-state index in [2.05, 4.69) is 0 Å². The first kappa shape index (κ1) is 12.2. The SMILES string of the molecule is O=C(O)c1cc(Cl)ccc1N1CCC(CO)C1. The molecule has 0 bridgehead atoms. The Kier molecular flexibility index (Phi) is 3.54. The van der Waals surface area contributed by atoms with Crippen molar-refractivity contribution in [3.05, 3.63) is 28.8 Å². The van der Waals surface area contributed by atoms with Gasteiger partial charge in [-0.3, -0.25) is 0 Å². The van der Waals surface area contributed by atoms with Gasteiger partial charge in [-0.1, -0.05) is 11.6 Å². The van der Waals surface area contributed by atoms with Gasteiger partial charge in [0.25, 0.3) is 0 Å². The zero-order chi connectivity index (χ0) is 12.4. The fourth-order valence-corrected chi connectivity index (χ4v) is 2.33. The van der Waals surface area contributed by atoms with E-state index in [1.165, 1.54) is 6.07 Å². The van der Waals surface area contributed by atoms with Gasteiger partial charge in [-0.05, 0) is 24.6 Å². The third-order valence-electron chi connectivity index (χ3n) is 3.07. The number of carboxylic acids is 1. The van der Waals surface area contributed by atoms with E-state index < -0.39 is 5.97 Å². The summed E-state index contributed by atoms with van der Waals surface area (Å²) < 4.78 is 0. The second-order valence-electron chi connectivity index (χ2n) is 4.25. The summed E-state index contributed by atoms with van der Waals surface area (Å²) in [7, 11) is 0. The minimum Gasteiger partial charge on any atom is -0.478 e. The maximum absolute atomic E-state index is 11.1. The number of carbonyl (C=O) groups is 1. The van der Waals surface area contributed by atoms with Crippen molar-refractivity contribution in [3.8, 4) is 0 Å². The Balaban J connectivity index is 2.29. The minimum absolute atomic E-state index is 0.145. The first-order chi connectivity index (χ1) is 8.11. The molecule has 1 aliphatic heterocycles. The molecule has 1 atom stereocenters. The van der Waals surface area contributed by atoms with Crippen LogP contribution in [0.15, 0.2) is 18.2 Å². The van der Waals surface area contributed by atoms with Crippen LogP contribution in [0.4, 0.5) is 5.69 Å². The maximum Gasteiger partial charge on any atom is 0.337 e. The molecule has 0 aliphatic carbocycles. The van der Waals surface area contributed by atoms with Crippen LogP contribution in [0.25, 0.3) is 0 Å². The zero-order valence-corrected chi connectivity index (χ0v) is 10.0. The lowest BCUT2D eigenvalue weighted by Gasteiger charge is -2.20. The Hall–Kier alpha value is -1.26. The minimum atomic E-state index is -0.977. The molecule has 0 amide bonds. The molecule has 0 aromatic heterocycles. The average molecular weight is 256 g/mol. The molecule has 1 unspecified atom stereocenters. The number of nitrogens with zero attached hydrogens (tertiary/aromatic N) is 1. The van der Waals surface area contributed by atoms with Gasteiger partial charge in [-0.2, -0.15) is 0 Å². The van der Waals surface area contributed by atoms with Gasteiger partial charge in [0.05, 0.1) is 11.3 Å². The van der Waals surface area contributed by atoms with E-state index in [-0.39, 0.29) is 18.1 Å². The van der Waals surface area contributed by atoms with Crippen molar-refractivity contribution in [3.63, 3.8) is 0 Å². The van der Waals surface area contributed by atoms with E-state index in [4.69, 9.17) is 21.8 Å². The van der Waals surface area contributed by atoms with Gasteiger partial charge in [0.15, 0.2) is 0 Å². The van der Waals surface area contributed by atoms with Crippen LogP contribution in [-0.4, -0.2) is 35.9 Å². The number of carboxylic acid groups (broad SMARTS) is 1. The van der Waals surface area contributed by atoms with Gasteiger partial charge in [0.2, 0.25) is 0 Å². The third-order valence-corrected chi connectivity index (χ3v) is 3.31. The highest BCUT2D eigenvalue weighted by Gasteiger charge is 2.25. The third kappa shape index (κ3) is 2.53. The molecule has 0 spiro atoms.